The van der Waals surface area contributed by atoms with Crippen LogP contribution in [0.5, 0.6) is 0 Å². The lowest BCUT2D eigenvalue weighted by Crippen LogP contribution is -2.50. The molecule has 0 amide bonds. The van der Waals surface area contributed by atoms with Gasteiger partial charge in [-0.25, -0.2) is 0 Å². The molecule has 6 nitrogen and oxygen atoms in total. The molecule has 0 aromatic heterocycles. The summed E-state index contributed by atoms with van der Waals surface area (Å²) in [6, 6.07) is 10.2. The Kier molecular flexibility index (Phi) is 5.13. The smallest absolute Gasteiger partial charge is 0.404 e. The van der Waals surface area contributed by atoms with Crippen LogP contribution in [0.4, 0.5) is 13.2 Å². The van der Waals surface area contributed by atoms with E-state index in [-0.39, 0.29) is 18.6 Å². The van der Waals surface area contributed by atoms with Gasteiger partial charge in [0.15, 0.2) is 5.78 Å². The summed E-state index contributed by atoms with van der Waals surface area (Å²) < 4.78 is 52.9. The lowest BCUT2D eigenvalue weighted by Gasteiger charge is -2.42. The van der Waals surface area contributed by atoms with Gasteiger partial charge in [-0.1, -0.05) is 30.3 Å². The molecular weight excluding hydrogens is 389 g/mol. The molecule has 152 valence electrons. The Morgan fingerprint density at radius 2 is 2.00 bits per heavy atom. The maximum atomic E-state index is 14.4. The van der Waals surface area contributed by atoms with Crippen LogP contribution in [-0.2, 0) is 19.1 Å². The minimum Gasteiger partial charge on any atom is -0.469 e. The van der Waals surface area contributed by atoms with Gasteiger partial charge in [-0.15, -0.1) is 0 Å². The van der Waals surface area contributed by atoms with Gasteiger partial charge >= 0.3 is 12.1 Å². The first kappa shape index (κ1) is 20.5. The van der Waals surface area contributed by atoms with Crippen LogP contribution < -0.4 is 5.73 Å². The first-order valence-electron chi connectivity index (χ1n) is 8.69. The highest BCUT2D eigenvalue weighted by Gasteiger charge is 2.66. The number of hydrogen-bond donors (Lipinski definition) is 1. The first-order valence-corrected chi connectivity index (χ1v) is 8.69. The monoisotopic (exact) mass is 406 g/mol. The number of methoxy groups -OCH3 is 1. The second kappa shape index (κ2) is 7.28. The molecule has 0 bridgehead atoms. The van der Waals surface area contributed by atoms with Crippen LogP contribution in [0.15, 0.2) is 53.1 Å². The number of ether oxygens (including phenoxy) is 2. The average molecular weight is 406 g/mol. The minimum absolute atomic E-state index is 0.0243. The van der Waals surface area contributed by atoms with Crippen LogP contribution in [0, 0.1) is 16.7 Å². The van der Waals surface area contributed by atoms with Crippen molar-refractivity contribution in [3.05, 3.63) is 58.7 Å². The number of esters is 1. The Morgan fingerprint density at radius 3 is 2.55 bits per heavy atom. The number of carbonyl (C=O) groups is 2. The number of nitrogens with zero attached hydrogens (tertiary/aromatic N) is 1. The number of nitrogens with two attached hydrogens (primary N) is 1. The number of carbonyl (C=O) groups excluding carboxylic acids is 2. The number of allylic oxidation sites excluding steroid dienone is 3. The minimum atomic E-state index is -5.16. The van der Waals surface area contributed by atoms with E-state index in [1.807, 2.05) is 0 Å². The molecule has 2 atom stereocenters. The van der Waals surface area contributed by atoms with Gasteiger partial charge in [0.1, 0.15) is 22.8 Å². The van der Waals surface area contributed by atoms with Crippen molar-refractivity contribution in [2.45, 2.75) is 31.4 Å². The number of hydrogen-bond acceptors (Lipinski definition) is 6. The Balaban J connectivity index is 2.21. The van der Waals surface area contributed by atoms with Crippen molar-refractivity contribution in [1.82, 2.24) is 0 Å². The second-order valence-electron chi connectivity index (χ2n) is 6.85. The highest BCUT2D eigenvalue weighted by atomic mass is 19.4. The Hall–Kier alpha value is -3.28. The van der Waals surface area contributed by atoms with E-state index in [9.17, 15) is 28.0 Å². The normalized spacial score (nSPS) is 24.5. The van der Waals surface area contributed by atoms with Crippen molar-refractivity contribution in [2.75, 3.05) is 7.11 Å². The Labute approximate surface area is 164 Å². The number of alkyl halides is 3. The molecule has 9 heteroatoms. The fourth-order valence-electron chi connectivity index (χ4n) is 3.93. The molecule has 0 radical (unpaired) electrons. The SMILES string of the molecule is COC(=O)C[C@]1(C(F)(F)F)C(C#N)=C(N)OC2=C1C(=O)C[C@H](c1ccccc1)C2. The first-order chi connectivity index (χ1) is 13.7. The number of rotatable bonds is 3. The molecule has 2 N–H and O–H groups in total. The number of Topliss-reactive ketones (excluding diaryl/α,β-unsaturated/α-hetero) is 1. The molecule has 3 rings (SSSR count). The molecule has 0 unspecified atom stereocenters. The third-order valence-corrected chi connectivity index (χ3v) is 5.26. The van der Waals surface area contributed by atoms with E-state index < -0.39 is 52.7 Å². The Morgan fingerprint density at radius 1 is 1.34 bits per heavy atom. The summed E-state index contributed by atoms with van der Waals surface area (Å²) in [5.74, 6) is -3.53. The molecule has 1 aromatic rings. The fourth-order valence-corrected chi connectivity index (χ4v) is 3.93. The van der Waals surface area contributed by atoms with Crippen LogP contribution in [0.2, 0.25) is 0 Å². The quantitative estimate of drug-likeness (QED) is 0.774. The summed E-state index contributed by atoms with van der Waals surface area (Å²) in [6.07, 6.45) is -6.68. The molecule has 0 saturated heterocycles. The molecular formula is C20H17F3N2O4. The predicted octanol–water partition coefficient (Wildman–Crippen LogP) is 3.22. The number of halogens is 3. The number of nitriles is 1. The van der Waals surface area contributed by atoms with Gasteiger partial charge in [0.2, 0.25) is 5.88 Å². The van der Waals surface area contributed by atoms with Gasteiger partial charge in [0, 0.05) is 12.8 Å². The molecule has 0 saturated carbocycles. The van der Waals surface area contributed by atoms with Crippen LogP contribution in [0.3, 0.4) is 0 Å². The number of ketones is 1. The lowest BCUT2D eigenvalue weighted by molar-refractivity contribution is -0.206. The third-order valence-electron chi connectivity index (χ3n) is 5.26. The maximum absolute atomic E-state index is 14.4. The zero-order valence-corrected chi connectivity index (χ0v) is 15.4. The van der Waals surface area contributed by atoms with Crippen molar-refractivity contribution in [1.29, 1.82) is 5.26 Å². The third kappa shape index (κ3) is 3.24. The zero-order chi connectivity index (χ0) is 21.4. The number of benzene rings is 1. The lowest BCUT2D eigenvalue weighted by atomic mass is 9.64. The van der Waals surface area contributed by atoms with Crippen molar-refractivity contribution in [2.24, 2.45) is 11.1 Å². The molecule has 0 spiro atoms. The van der Waals surface area contributed by atoms with Crippen LogP contribution in [-0.4, -0.2) is 25.0 Å². The zero-order valence-electron chi connectivity index (χ0n) is 15.4. The molecule has 29 heavy (non-hydrogen) atoms. The largest absolute Gasteiger partial charge is 0.469 e. The van der Waals surface area contributed by atoms with E-state index in [1.165, 1.54) is 6.07 Å². The molecule has 2 aliphatic rings. The van der Waals surface area contributed by atoms with Crippen LogP contribution >= 0.6 is 0 Å². The van der Waals surface area contributed by atoms with Gasteiger partial charge < -0.3 is 15.2 Å². The van der Waals surface area contributed by atoms with Crippen molar-refractivity contribution < 1.29 is 32.2 Å². The summed E-state index contributed by atoms with van der Waals surface area (Å²) in [4.78, 5) is 24.8. The van der Waals surface area contributed by atoms with Gasteiger partial charge in [0.05, 0.1) is 19.1 Å². The Bertz CT molecular complexity index is 960. The van der Waals surface area contributed by atoms with E-state index in [4.69, 9.17) is 10.5 Å². The van der Waals surface area contributed by atoms with E-state index in [2.05, 4.69) is 4.74 Å². The van der Waals surface area contributed by atoms with E-state index in [0.717, 1.165) is 12.7 Å². The van der Waals surface area contributed by atoms with Crippen LogP contribution in [0.1, 0.15) is 30.7 Å². The topological polar surface area (TPSA) is 102 Å². The van der Waals surface area contributed by atoms with Gasteiger partial charge in [-0.3, -0.25) is 9.59 Å². The van der Waals surface area contributed by atoms with E-state index in [0.29, 0.717) is 0 Å². The molecule has 1 heterocycles. The standard InChI is InChI=1S/C20H17F3N2O4/c1-28-16(27)9-19(20(21,22)23)13(10-24)18(25)29-15-8-12(7-14(26)17(15)19)11-5-3-2-4-6-11/h2-6,12H,7-9,25H2,1H3/t12-,19-/m0/s1. The fraction of sp³-hybridized carbons (Fsp3) is 0.350. The van der Waals surface area contributed by atoms with E-state index in [1.54, 1.807) is 30.3 Å². The van der Waals surface area contributed by atoms with Gasteiger partial charge in [-0.2, -0.15) is 18.4 Å². The highest BCUT2D eigenvalue weighted by Crippen LogP contribution is 2.58. The molecule has 1 aromatic carbocycles. The summed E-state index contributed by atoms with van der Waals surface area (Å²) in [6.45, 7) is 0. The highest BCUT2D eigenvalue weighted by molar-refractivity contribution is 6.01. The summed E-state index contributed by atoms with van der Waals surface area (Å²) in [7, 11) is 0.925. The summed E-state index contributed by atoms with van der Waals surface area (Å²) in [5.41, 5.74) is 1.45. The summed E-state index contributed by atoms with van der Waals surface area (Å²) >= 11 is 0. The van der Waals surface area contributed by atoms with E-state index >= 15 is 0 Å². The second-order valence-corrected chi connectivity index (χ2v) is 6.85. The van der Waals surface area contributed by atoms with Gasteiger partial charge in [0.25, 0.3) is 0 Å². The van der Waals surface area contributed by atoms with Crippen molar-refractivity contribution in [3.8, 4) is 6.07 Å². The predicted molar refractivity (Wildman–Crippen MR) is 93.5 cm³/mol. The van der Waals surface area contributed by atoms with Gasteiger partial charge in [-0.05, 0) is 11.5 Å². The van der Waals surface area contributed by atoms with Crippen LogP contribution in [0.25, 0.3) is 0 Å². The van der Waals surface area contributed by atoms with Crippen molar-refractivity contribution >= 4 is 11.8 Å². The summed E-state index contributed by atoms with van der Waals surface area (Å²) in [5, 5.41) is 9.40. The maximum Gasteiger partial charge on any atom is 0.404 e. The molecule has 0 fully saturated rings. The molecule has 1 aliphatic heterocycles. The average Bonchev–Trinajstić information content (AvgIpc) is 2.67. The van der Waals surface area contributed by atoms with Crippen molar-refractivity contribution in [3.63, 3.8) is 0 Å². The molecule has 1 aliphatic carbocycles.